The normalized spacial score (nSPS) is 15.5. The van der Waals surface area contributed by atoms with Crippen molar-refractivity contribution in [2.45, 2.75) is 27.2 Å². The molecule has 1 fully saturated rings. The number of hydrogen-bond acceptors (Lipinski definition) is 8. The third-order valence-electron chi connectivity index (χ3n) is 7.45. The summed E-state index contributed by atoms with van der Waals surface area (Å²) in [7, 11) is 0. The molecule has 0 atom stereocenters. The molecule has 2 aromatic carbocycles. The Morgan fingerprint density at radius 3 is 2.65 bits per heavy atom. The van der Waals surface area contributed by atoms with E-state index in [0.29, 0.717) is 0 Å². The monoisotopic (exact) mass is 499 g/mol. The van der Waals surface area contributed by atoms with Gasteiger partial charge in [0.2, 0.25) is 6.79 Å². The Hall–Kier alpha value is -3.85. The number of anilines is 2. The van der Waals surface area contributed by atoms with Crippen molar-refractivity contribution >= 4 is 22.7 Å². The van der Waals surface area contributed by atoms with Gasteiger partial charge in [-0.25, -0.2) is 15.0 Å². The molecule has 2 aliphatic rings. The van der Waals surface area contributed by atoms with Crippen molar-refractivity contribution in [2.24, 2.45) is 0 Å². The van der Waals surface area contributed by atoms with Crippen LogP contribution >= 0.6 is 0 Å². The Labute approximate surface area is 217 Å². The molecule has 2 aromatic heterocycles. The van der Waals surface area contributed by atoms with Crippen LogP contribution < -0.4 is 19.7 Å². The second-order valence-corrected chi connectivity index (χ2v) is 9.62. The van der Waals surface area contributed by atoms with E-state index in [0.717, 1.165) is 85.7 Å². The number of piperazine rings is 1. The lowest BCUT2D eigenvalue weighted by Gasteiger charge is -2.37. The lowest BCUT2D eigenvalue weighted by molar-refractivity contribution is 0.174. The minimum absolute atomic E-state index is 0.251. The van der Waals surface area contributed by atoms with E-state index < -0.39 is 0 Å². The molecule has 0 bridgehead atoms. The van der Waals surface area contributed by atoms with Crippen molar-refractivity contribution in [2.75, 3.05) is 56.3 Å². The van der Waals surface area contributed by atoms with Gasteiger partial charge in [-0.05, 0) is 43.2 Å². The molecule has 1 N–H and O–H groups in total. The van der Waals surface area contributed by atoms with Gasteiger partial charge < -0.3 is 19.7 Å². The van der Waals surface area contributed by atoms with E-state index in [2.05, 4.69) is 68.6 Å². The zero-order valence-corrected chi connectivity index (χ0v) is 21.7. The fourth-order valence-electron chi connectivity index (χ4n) is 5.22. The summed E-state index contributed by atoms with van der Waals surface area (Å²) >= 11 is 0. The van der Waals surface area contributed by atoms with E-state index in [1.165, 1.54) is 16.8 Å². The summed E-state index contributed by atoms with van der Waals surface area (Å²) in [6, 6.07) is 12.5. The summed E-state index contributed by atoms with van der Waals surface area (Å²) in [5, 5.41) is 3.53. The van der Waals surface area contributed by atoms with Crippen molar-refractivity contribution in [1.29, 1.82) is 0 Å². The zero-order valence-electron chi connectivity index (χ0n) is 21.7. The first-order valence-electron chi connectivity index (χ1n) is 13.0. The van der Waals surface area contributed by atoms with Crippen LogP contribution in [0, 0.1) is 13.8 Å². The second kappa shape index (κ2) is 9.89. The molecule has 4 heterocycles. The van der Waals surface area contributed by atoms with Crippen molar-refractivity contribution in [3.63, 3.8) is 0 Å². The number of fused-ring (bicyclic) bond motifs is 2. The standard InChI is InChI=1S/C28H33N7O2/c1-4-25-32-26-27(30-17-31-28(26)35(25)21-8-9-23-24(16-21)37-18-36-23)29-10-11-33-12-14-34(15-13-33)22-7-5-6-19(2)20(22)3/h5-9,16-17H,4,10-15,18H2,1-3H3,(H,29,30,31). The SMILES string of the molecule is CCc1nc2c(NCCN3CCN(c4cccc(C)c4C)CC3)ncnc2n1-c1ccc2c(c1)OCO2. The fraction of sp³-hybridized carbons (Fsp3) is 0.393. The van der Waals surface area contributed by atoms with Crippen LogP contribution in [0.5, 0.6) is 11.5 Å². The van der Waals surface area contributed by atoms with Gasteiger partial charge in [-0.1, -0.05) is 19.1 Å². The van der Waals surface area contributed by atoms with Crippen molar-refractivity contribution < 1.29 is 9.47 Å². The molecule has 0 amide bonds. The van der Waals surface area contributed by atoms with E-state index in [9.17, 15) is 0 Å². The third-order valence-corrected chi connectivity index (χ3v) is 7.45. The molecular weight excluding hydrogens is 466 g/mol. The maximum atomic E-state index is 5.59. The fourth-order valence-corrected chi connectivity index (χ4v) is 5.22. The summed E-state index contributed by atoms with van der Waals surface area (Å²) in [6.45, 7) is 12.7. The van der Waals surface area contributed by atoms with Crippen LogP contribution in [0.15, 0.2) is 42.7 Å². The van der Waals surface area contributed by atoms with Gasteiger partial charge in [0.1, 0.15) is 12.2 Å². The summed E-state index contributed by atoms with van der Waals surface area (Å²) in [5.74, 6) is 3.21. The van der Waals surface area contributed by atoms with E-state index in [1.807, 2.05) is 18.2 Å². The van der Waals surface area contributed by atoms with Crippen molar-refractivity contribution in [1.82, 2.24) is 24.4 Å². The molecule has 9 nitrogen and oxygen atoms in total. The van der Waals surface area contributed by atoms with Gasteiger partial charge in [0.25, 0.3) is 0 Å². The highest BCUT2D eigenvalue weighted by molar-refractivity contribution is 5.84. The number of nitrogens with one attached hydrogen (secondary N) is 1. The number of benzene rings is 2. The molecule has 9 heteroatoms. The molecular formula is C28H33N7O2. The smallest absolute Gasteiger partial charge is 0.231 e. The predicted octanol–water partition coefficient (Wildman–Crippen LogP) is 3.96. The first kappa shape index (κ1) is 23.5. The van der Waals surface area contributed by atoms with Gasteiger partial charge in [-0.2, -0.15) is 0 Å². The summed E-state index contributed by atoms with van der Waals surface area (Å²) in [5.41, 5.74) is 6.64. The van der Waals surface area contributed by atoms with Crippen LogP contribution in [0.2, 0.25) is 0 Å². The van der Waals surface area contributed by atoms with Crippen molar-refractivity contribution in [3.8, 4) is 17.2 Å². The Bertz CT molecular complexity index is 1430. The molecule has 192 valence electrons. The number of nitrogens with zero attached hydrogens (tertiary/aromatic N) is 6. The summed E-state index contributed by atoms with van der Waals surface area (Å²) in [4.78, 5) is 19.0. The van der Waals surface area contributed by atoms with Crippen molar-refractivity contribution in [3.05, 3.63) is 59.7 Å². The van der Waals surface area contributed by atoms with Gasteiger partial charge in [-0.15, -0.1) is 0 Å². The van der Waals surface area contributed by atoms with E-state index >= 15 is 0 Å². The lowest BCUT2D eigenvalue weighted by atomic mass is 10.1. The average molecular weight is 500 g/mol. The minimum Gasteiger partial charge on any atom is -0.454 e. The van der Waals surface area contributed by atoms with Crippen LogP contribution in [-0.2, 0) is 6.42 Å². The highest BCUT2D eigenvalue weighted by Crippen LogP contribution is 2.35. The summed E-state index contributed by atoms with van der Waals surface area (Å²) in [6.07, 6.45) is 2.38. The lowest BCUT2D eigenvalue weighted by Crippen LogP contribution is -2.47. The van der Waals surface area contributed by atoms with Crippen LogP contribution in [0.25, 0.3) is 16.9 Å². The Balaban J connectivity index is 1.13. The quantitative estimate of drug-likeness (QED) is 0.409. The number of rotatable bonds is 7. The third kappa shape index (κ3) is 4.44. The molecule has 37 heavy (non-hydrogen) atoms. The van der Waals surface area contributed by atoms with Gasteiger partial charge in [-0.3, -0.25) is 9.47 Å². The van der Waals surface area contributed by atoms with Gasteiger partial charge >= 0.3 is 0 Å². The molecule has 0 aliphatic carbocycles. The number of aromatic nitrogens is 4. The first-order valence-corrected chi connectivity index (χ1v) is 13.0. The number of hydrogen-bond donors (Lipinski definition) is 1. The molecule has 1 saturated heterocycles. The second-order valence-electron chi connectivity index (χ2n) is 9.62. The molecule has 6 rings (SSSR count). The Morgan fingerprint density at radius 2 is 1.81 bits per heavy atom. The van der Waals surface area contributed by atoms with Crippen LogP contribution in [0.1, 0.15) is 23.9 Å². The molecule has 2 aliphatic heterocycles. The van der Waals surface area contributed by atoms with Crippen LogP contribution in [-0.4, -0.2) is 70.5 Å². The predicted molar refractivity (Wildman–Crippen MR) is 145 cm³/mol. The maximum Gasteiger partial charge on any atom is 0.231 e. The molecule has 4 aromatic rings. The molecule has 0 spiro atoms. The first-order chi connectivity index (χ1) is 18.1. The Morgan fingerprint density at radius 1 is 0.973 bits per heavy atom. The van der Waals surface area contributed by atoms with Crippen LogP contribution in [0.4, 0.5) is 11.5 Å². The highest BCUT2D eigenvalue weighted by Gasteiger charge is 2.21. The topological polar surface area (TPSA) is 80.6 Å². The van der Waals surface area contributed by atoms with E-state index in [4.69, 9.17) is 14.5 Å². The van der Waals surface area contributed by atoms with Gasteiger partial charge in [0.05, 0.1) is 5.69 Å². The highest BCUT2D eigenvalue weighted by atomic mass is 16.7. The average Bonchev–Trinajstić information content (AvgIpc) is 3.55. The molecule has 0 saturated carbocycles. The van der Waals surface area contributed by atoms with Crippen LogP contribution in [0.3, 0.4) is 0 Å². The zero-order chi connectivity index (χ0) is 25.4. The number of ether oxygens (including phenoxy) is 2. The van der Waals surface area contributed by atoms with Gasteiger partial charge in [0, 0.05) is 57.4 Å². The Kier molecular flexibility index (Phi) is 6.30. The molecule has 0 radical (unpaired) electrons. The minimum atomic E-state index is 0.251. The van der Waals surface area contributed by atoms with E-state index in [1.54, 1.807) is 6.33 Å². The number of aryl methyl sites for hydroxylation is 2. The van der Waals surface area contributed by atoms with E-state index in [-0.39, 0.29) is 6.79 Å². The largest absolute Gasteiger partial charge is 0.454 e. The molecule has 0 unspecified atom stereocenters. The summed E-state index contributed by atoms with van der Waals surface area (Å²) < 4.78 is 13.1. The maximum absolute atomic E-state index is 5.59. The van der Waals surface area contributed by atoms with Gasteiger partial charge in [0.15, 0.2) is 28.5 Å². The number of imidazole rings is 1.